The van der Waals surface area contributed by atoms with Crippen LogP contribution in [0.25, 0.3) is 0 Å². The molecule has 0 aliphatic carbocycles. The number of nitrogens with zero attached hydrogens (tertiary/aromatic N) is 6. The Morgan fingerprint density at radius 2 is 0.694 bits per heavy atom. The molecule has 1 rings (SSSR count). The first-order valence-electron chi connectivity index (χ1n) is 13.2. The van der Waals surface area contributed by atoms with Gasteiger partial charge in [0.05, 0.1) is 37.9 Å². The van der Waals surface area contributed by atoms with Crippen molar-refractivity contribution < 1.29 is 15.3 Å². The minimum Gasteiger partial charge on any atom is -0.390 e. The minimum atomic E-state index is -1.02. The predicted molar refractivity (Wildman–Crippen MR) is 141 cm³/mol. The maximum absolute atomic E-state index is 13.2. The van der Waals surface area contributed by atoms with E-state index in [1.54, 1.807) is 0 Å². The highest BCUT2D eigenvalue weighted by molar-refractivity contribution is 4.83. The van der Waals surface area contributed by atoms with Crippen molar-refractivity contribution in [1.82, 2.24) is 28.4 Å². The van der Waals surface area contributed by atoms with Gasteiger partial charge in [0.1, 0.15) is 0 Å². The standard InChI is InChI=1S/C24H48N6O6/c1-7-25(8-2)13-19(31)16-28-22(34)29(17-20(32)14-26(9-3)10-4)24(36)30(23(28)35)18-21(33)15-27(11-5)12-6/h19-21,31-33H,7-18H2,1-6H3/t19-,20-,21-/m0/s1. The molecule has 0 saturated heterocycles. The molecule has 0 saturated carbocycles. The normalized spacial score (nSPS) is 14.7. The summed E-state index contributed by atoms with van der Waals surface area (Å²) in [4.78, 5) is 45.6. The Morgan fingerprint density at radius 3 is 0.861 bits per heavy atom. The van der Waals surface area contributed by atoms with Crippen LogP contribution in [0.4, 0.5) is 0 Å². The zero-order valence-corrected chi connectivity index (χ0v) is 23.0. The van der Waals surface area contributed by atoms with Crippen molar-refractivity contribution in [2.45, 2.75) is 79.5 Å². The summed E-state index contributed by atoms with van der Waals surface area (Å²) in [5.74, 6) is 0. The second-order valence-electron chi connectivity index (χ2n) is 9.10. The van der Waals surface area contributed by atoms with Gasteiger partial charge in [-0.3, -0.25) is 0 Å². The fourth-order valence-electron chi connectivity index (χ4n) is 4.30. The van der Waals surface area contributed by atoms with Gasteiger partial charge in [-0.05, 0) is 39.3 Å². The molecule has 1 aromatic rings. The second kappa shape index (κ2) is 16.1. The van der Waals surface area contributed by atoms with Crippen molar-refractivity contribution in [2.75, 3.05) is 58.9 Å². The van der Waals surface area contributed by atoms with Gasteiger partial charge in [-0.2, -0.15) is 0 Å². The topological polar surface area (TPSA) is 136 Å². The predicted octanol–water partition coefficient (Wildman–Crippen LogP) is -1.72. The van der Waals surface area contributed by atoms with Gasteiger partial charge >= 0.3 is 17.1 Å². The zero-order valence-electron chi connectivity index (χ0n) is 23.0. The SMILES string of the molecule is CCN(CC)C[C@H](O)Cn1c(=O)n(C[C@@H](O)CN(CC)CC)c(=O)n(C[C@@H](O)CN(CC)CC)c1=O. The Labute approximate surface area is 214 Å². The highest BCUT2D eigenvalue weighted by Crippen LogP contribution is 1.98. The van der Waals surface area contributed by atoms with Gasteiger partial charge in [0.25, 0.3) is 0 Å². The first-order chi connectivity index (χ1) is 17.1. The van der Waals surface area contributed by atoms with E-state index in [4.69, 9.17) is 0 Å². The molecule has 0 aromatic carbocycles. The van der Waals surface area contributed by atoms with E-state index in [-0.39, 0.29) is 39.3 Å². The van der Waals surface area contributed by atoms with E-state index >= 15 is 0 Å². The maximum Gasteiger partial charge on any atom is 0.336 e. The molecule has 3 N–H and O–H groups in total. The number of hydrogen-bond donors (Lipinski definition) is 3. The molecule has 12 nitrogen and oxygen atoms in total. The molecule has 0 radical (unpaired) electrons. The van der Waals surface area contributed by atoms with Crippen LogP contribution < -0.4 is 17.1 Å². The van der Waals surface area contributed by atoms with E-state index < -0.39 is 35.4 Å². The summed E-state index contributed by atoms with van der Waals surface area (Å²) in [6.45, 7) is 15.7. The first-order valence-corrected chi connectivity index (χ1v) is 13.2. The van der Waals surface area contributed by atoms with Crippen LogP contribution in [0.1, 0.15) is 41.5 Å². The van der Waals surface area contributed by atoms with Crippen LogP contribution in [0.5, 0.6) is 0 Å². The van der Waals surface area contributed by atoms with E-state index in [9.17, 15) is 29.7 Å². The first kappa shape index (κ1) is 32.2. The quantitative estimate of drug-likeness (QED) is 0.208. The number of hydrogen-bond acceptors (Lipinski definition) is 9. The summed E-state index contributed by atoms with van der Waals surface area (Å²) in [5.41, 5.74) is -2.63. The highest BCUT2D eigenvalue weighted by atomic mass is 16.3. The Balaban J connectivity index is 3.45. The third-order valence-electron chi connectivity index (χ3n) is 6.66. The molecule has 0 fully saturated rings. The van der Waals surface area contributed by atoms with Crippen molar-refractivity contribution in [1.29, 1.82) is 0 Å². The van der Waals surface area contributed by atoms with Gasteiger partial charge in [0, 0.05) is 19.6 Å². The lowest BCUT2D eigenvalue weighted by molar-refractivity contribution is 0.0850. The molecule has 0 bridgehead atoms. The fourth-order valence-corrected chi connectivity index (χ4v) is 4.30. The fraction of sp³-hybridized carbons (Fsp3) is 0.875. The molecule has 0 aliphatic heterocycles. The van der Waals surface area contributed by atoms with E-state index in [0.717, 1.165) is 13.7 Å². The summed E-state index contributed by atoms with van der Waals surface area (Å²) in [6, 6.07) is 0. The molecule has 3 atom stereocenters. The summed E-state index contributed by atoms with van der Waals surface area (Å²) in [5, 5.41) is 31.8. The van der Waals surface area contributed by atoms with Gasteiger partial charge in [-0.25, -0.2) is 28.1 Å². The molecule has 0 spiro atoms. The van der Waals surface area contributed by atoms with Gasteiger partial charge in [0.2, 0.25) is 0 Å². The summed E-state index contributed by atoms with van der Waals surface area (Å²) in [6.07, 6.45) is -3.05. The molecule has 0 unspecified atom stereocenters. The summed E-state index contributed by atoms with van der Waals surface area (Å²) >= 11 is 0. The van der Waals surface area contributed by atoms with Crippen molar-refractivity contribution in [3.05, 3.63) is 31.5 Å². The average molecular weight is 517 g/mol. The second-order valence-corrected chi connectivity index (χ2v) is 9.10. The van der Waals surface area contributed by atoms with Crippen molar-refractivity contribution in [3.8, 4) is 0 Å². The molecule has 0 amide bonds. The molecule has 210 valence electrons. The van der Waals surface area contributed by atoms with E-state index in [1.165, 1.54) is 0 Å². The lowest BCUT2D eigenvalue weighted by Gasteiger charge is -2.25. The van der Waals surface area contributed by atoms with Crippen LogP contribution >= 0.6 is 0 Å². The van der Waals surface area contributed by atoms with Crippen LogP contribution in [0, 0.1) is 0 Å². The van der Waals surface area contributed by atoms with Crippen LogP contribution in [-0.4, -0.2) is 121 Å². The Morgan fingerprint density at radius 1 is 0.500 bits per heavy atom. The molecule has 0 aliphatic rings. The zero-order chi connectivity index (χ0) is 27.4. The third kappa shape index (κ3) is 9.24. The largest absolute Gasteiger partial charge is 0.390 e. The van der Waals surface area contributed by atoms with Crippen LogP contribution in [0.3, 0.4) is 0 Å². The summed E-state index contributed by atoms with van der Waals surface area (Å²) < 4.78 is 2.51. The Hall–Kier alpha value is -1.83. The van der Waals surface area contributed by atoms with Gasteiger partial charge in [-0.15, -0.1) is 0 Å². The third-order valence-corrected chi connectivity index (χ3v) is 6.66. The highest BCUT2D eigenvalue weighted by Gasteiger charge is 2.23. The maximum atomic E-state index is 13.2. The molecule has 36 heavy (non-hydrogen) atoms. The molecule has 1 heterocycles. The van der Waals surface area contributed by atoms with Crippen LogP contribution in [0.15, 0.2) is 14.4 Å². The number of aliphatic hydroxyl groups is 3. The van der Waals surface area contributed by atoms with Gasteiger partial charge in [-0.1, -0.05) is 41.5 Å². The average Bonchev–Trinajstić information content (AvgIpc) is 2.87. The lowest BCUT2D eigenvalue weighted by atomic mass is 10.3. The van der Waals surface area contributed by atoms with E-state index in [1.807, 2.05) is 56.2 Å². The number of aromatic nitrogens is 3. The van der Waals surface area contributed by atoms with E-state index in [0.29, 0.717) is 39.3 Å². The number of aliphatic hydroxyl groups excluding tert-OH is 3. The van der Waals surface area contributed by atoms with Crippen molar-refractivity contribution in [2.24, 2.45) is 0 Å². The molecule has 12 heteroatoms. The Kier molecular flexibility index (Phi) is 14.4. The monoisotopic (exact) mass is 516 g/mol. The molecular weight excluding hydrogens is 468 g/mol. The van der Waals surface area contributed by atoms with Crippen LogP contribution in [-0.2, 0) is 19.6 Å². The van der Waals surface area contributed by atoms with E-state index in [2.05, 4.69) is 0 Å². The van der Waals surface area contributed by atoms with Gasteiger partial charge in [0.15, 0.2) is 0 Å². The molecule has 1 aromatic heterocycles. The van der Waals surface area contributed by atoms with Crippen molar-refractivity contribution in [3.63, 3.8) is 0 Å². The summed E-state index contributed by atoms with van der Waals surface area (Å²) in [7, 11) is 0. The smallest absolute Gasteiger partial charge is 0.336 e. The lowest BCUT2D eigenvalue weighted by Crippen LogP contribution is -2.58. The molecular formula is C24H48N6O6. The van der Waals surface area contributed by atoms with Crippen LogP contribution in [0.2, 0.25) is 0 Å². The minimum absolute atomic E-state index is 0.257. The van der Waals surface area contributed by atoms with Gasteiger partial charge < -0.3 is 30.0 Å². The van der Waals surface area contributed by atoms with Crippen molar-refractivity contribution >= 4 is 0 Å². The Bertz CT molecular complexity index is 783. The number of likely N-dealkylation sites (N-methyl/N-ethyl adjacent to an activating group) is 3. The number of rotatable bonds is 18.